The standard InChI is InChI=1S/C7H6O.C7H10O.C3H6O2.C2H6/c8-6-7-4-2-1-3-5-7;1-2-3-4-5-6-7-8;1-3(4)5-2;1-2/h1-6H;2-8H,1H3;1-2H3;1-2H3/b;3-2-,5-4-,7-6+;;. The molecule has 128 valence electrons. The number of hydrogen-bond acceptors (Lipinski definition) is 4. The average molecular weight is 320 g/mol. The lowest BCUT2D eigenvalue weighted by Gasteiger charge is -1.81. The van der Waals surface area contributed by atoms with Gasteiger partial charge in [0.2, 0.25) is 0 Å². The van der Waals surface area contributed by atoms with E-state index in [4.69, 9.17) is 5.11 Å². The Kier molecular flexibility index (Phi) is 26.9. The Balaban J connectivity index is -0.000000254. The van der Waals surface area contributed by atoms with Crippen LogP contribution in [0.25, 0.3) is 0 Å². The molecule has 1 N–H and O–H groups in total. The van der Waals surface area contributed by atoms with Crippen LogP contribution in [0, 0.1) is 0 Å². The van der Waals surface area contributed by atoms with Crippen molar-refractivity contribution in [1.29, 1.82) is 0 Å². The van der Waals surface area contributed by atoms with Crippen LogP contribution in [0.5, 0.6) is 0 Å². The molecule has 1 aromatic rings. The number of methoxy groups -OCH3 is 1. The van der Waals surface area contributed by atoms with E-state index >= 15 is 0 Å². The van der Waals surface area contributed by atoms with E-state index < -0.39 is 0 Å². The normalized spacial score (nSPS) is 9.09. The number of allylic oxidation sites excluding steroid dienone is 5. The molecule has 0 saturated heterocycles. The van der Waals surface area contributed by atoms with E-state index in [0.717, 1.165) is 18.1 Å². The SMILES string of the molecule is CC.COC(C)=O.C\C=C/C=C\C=C\O.O=Cc1ccccc1. The number of benzene rings is 1. The Morgan fingerprint density at radius 3 is 1.83 bits per heavy atom. The fourth-order valence-electron chi connectivity index (χ4n) is 0.821. The zero-order valence-electron chi connectivity index (χ0n) is 14.6. The Morgan fingerprint density at radius 1 is 1.04 bits per heavy atom. The highest BCUT2D eigenvalue weighted by molar-refractivity contribution is 5.74. The summed E-state index contributed by atoms with van der Waals surface area (Å²) in [6.07, 6.45) is 10.8. The van der Waals surface area contributed by atoms with Gasteiger partial charge < -0.3 is 9.84 Å². The van der Waals surface area contributed by atoms with Crippen molar-refractivity contribution in [3.05, 3.63) is 72.5 Å². The molecule has 0 aliphatic carbocycles. The summed E-state index contributed by atoms with van der Waals surface area (Å²) in [5.41, 5.74) is 0.729. The van der Waals surface area contributed by atoms with Gasteiger partial charge in [-0.05, 0) is 13.0 Å². The van der Waals surface area contributed by atoms with Gasteiger partial charge in [-0.25, -0.2) is 0 Å². The van der Waals surface area contributed by atoms with Gasteiger partial charge in [0.25, 0.3) is 0 Å². The van der Waals surface area contributed by atoms with Crippen LogP contribution < -0.4 is 0 Å². The predicted molar refractivity (Wildman–Crippen MR) is 96.6 cm³/mol. The number of carbonyl (C=O) groups excluding carboxylic acids is 2. The maximum absolute atomic E-state index is 10.0. The van der Waals surface area contributed by atoms with Gasteiger partial charge in [0.1, 0.15) is 6.29 Å². The number of aldehydes is 1. The fourth-order valence-corrected chi connectivity index (χ4v) is 0.821. The van der Waals surface area contributed by atoms with Gasteiger partial charge in [0, 0.05) is 12.5 Å². The number of rotatable bonds is 3. The molecular weight excluding hydrogens is 292 g/mol. The molecule has 23 heavy (non-hydrogen) atoms. The number of aliphatic hydroxyl groups excluding tert-OH is 1. The van der Waals surface area contributed by atoms with Crippen LogP contribution in [0.4, 0.5) is 0 Å². The first-order chi connectivity index (χ1) is 11.1. The summed E-state index contributed by atoms with van der Waals surface area (Å²) in [6, 6.07) is 9.10. The van der Waals surface area contributed by atoms with Crippen LogP contribution in [0.3, 0.4) is 0 Å². The summed E-state index contributed by atoms with van der Waals surface area (Å²) < 4.78 is 4.11. The first-order valence-corrected chi connectivity index (χ1v) is 7.25. The Hall–Kier alpha value is -2.62. The molecule has 0 radical (unpaired) electrons. The topological polar surface area (TPSA) is 63.6 Å². The number of esters is 1. The molecule has 0 aromatic heterocycles. The lowest BCUT2D eigenvalue weighted by atomic mass is 10.2. The zero-order valence-corrected chi connectivity index (χ0v) is 14.6. The second-order valence-electron chi connectivity index (χ2n) is 3.48. The van der Waals surface area contributed by atoms with Crippen molar-refractivity contribution in [1.82, 2.24) is 0 Å². The second kappa shape index (κ2) is 24.4. The molecule has 0 aliphatic heterocycles. The van der Waals surface area contributed by atoms with Gasteiger partial charge in [-0.3, -0.25) is 9.59 Å². The molecule has 0 aliphatic rings. The minimum Gasteiger partial charge on any atom is -0.516 e. The molecule has 0 amide bonds. The van der Waals surface area contributed by atoms with Crippen LogP contribution >= 0.6 is 0 Å². The van der Waals surface area contributed by atoms with E-state index in [0.29, 0.717) is 0 Å². The lowest BCUT2D eigenvalue weighted by Crippen LogP contribution is -1.88. The highest BCUT2D eigenvalue weighted by Crippen LogP contribution is 1.91. The molecule has 0 heterocycles. The highest BCUT2D eigenvalue weighted by Gasteiger charge is 1.80. The summed E-state index contributed by atoms with van der Waals surface area (Å²) >= 11 is 0. The van der Waals surface area contributed by atoms with Crippen LogP contribution in [-0.2, 0) is 9.53 Å². The molecule has 0 saturated carbocycles. The maximum atomic E-state index is 10.0. The summed E-state index contributed by atoms with van der Waals surface area (Å²) in [5.74, 6) is -0.245. The van der Waals surface area contributed by atoms with Crippen molar-refractivity contribution >= 4 is 12.3 Å². The summed E-state index contributed by atoms with van der Waals surface area (Å²) in [5, 5.41) is 8.11. The largest absolute Gasteiger partial charge is 0.516 e. The van der Waals surface area contributed by atoms with E-state index in [1.54, 1.807) is 24.3 Å². The maximum Gasteiger partial charge on any atom is 0.302 e. The van der Waals surface area contributed by atoms with Crippen LogP contribution in [0.2, 0.25) is 0 Å². The molecule has 0 unspecified atom stereocenters. The third kappa shape index (κ3) is 28.3. The van der Waals surface area contributed by atoms with E-state index in [1.807, 2.05) is 57.2 Å². The van der Waals surface area contributed by atoms with Gasteiger partial charge in [0.05, 0.1) is 13.4 Å². The second-order valence-corrected chi connectivity index (χ2v) is 3.48. The predicted octanol–water partition coefficient (Wildman–Crippen LogP) is 4.90. The molecule has 0 bridgehead atoms. The first-order valence-electron chi connectivity index (χ1n) is 7.25. The minimum atomic E-state index is -0.245. The van der Waals surface area contributed by atoms with Crippen molar-refractivity contribution in [2.75, 3.05) is 7.11 Å². The first kappa shape index (κ1) is 25.3. The lowest BCUT2D eigenvalue weighted by molar-refractivity contribution is -0.137. The van der Waals surface area contributed by atoms with Crippen LogP contribution in [0.15, 0.2) is 67.0 Å². The Bertz CT molecular complexity index is 432. The smallest absolute Gasteiger partial charge is 0.302 e. The van der Waals surface area contributed by atoms with Gasteiger partial charge in [-0.2, -0.15) is 0 Å². The number of carbonyl (C=O) groups is 2. The van der Waals surface area contributed by atoms with Crippen LogP contribution in [-0.4, -0.2) is 24.5 Å². The Labute approximate surface area is 139 Å². The van der Waals surface area contributed by atoms with Gasteiger partial charge in [0.15, 0.2) is 0 Å². The van der Waals surface area contributed by atoms with Crippen molar-refractivity contribution in [2.24, 2.45) is 0 Å². The number of aliphatic hydroxyl groups is 1. The molecule has 1 aromatic carbocycles. The summed E-state index contributed by atoms with van der Waals surface area (Å²) in [7, 11) is 1.35. The van der Waals surface area contributed by atoms with E-state index in [-0.39, 0.29) is 5.97 Å². The van der Waals surface area contributed by atoms with E-state index in [2.05, 4.69) is 4.74 Å². The third-order valence-electron chi connectivity index (χ3n) is 1.83. The number of hydrogen-bond donors (Lipinski definition) is 1. The van der Waals surface area contributed by atoms with Gasteiger partial charge in [-0.1, -0.05) is 68.5 Å². The quantitative estimate of drug-likeness (QED) is 0.372. The fraction of sp³-hybridized carbons (Fsp3) is 0.263. The van der Waals surface area contributed by atoms with Crippen molar-refractivity contribution in [2.45, 2.75) is 27.7 Å². The van der Waals surface area contributed by atoms with Gasteiger partial charge >= 0.3 is 5.97 Å². The Morgan fingerprint density at radius 2 is 1.52 bits per heavy atom. The average Bonchev–Trinajstić information content (AvgIpc) is 2.62. The summed E-state index contributed by atoms with van der Waals surface area (Å²) in [4.78, 5) is 19.6. The van der Waals surface area contributed by atoms with Gasteiger partial charge in [-0.15, -0.1) is 0 Å². The third-order valence-corrected chi connectivity index (χ3v) is 1.83. The molecule has 4 nitrogen and oxygen atoms in total. The van der Waals surface area contributed by atoms with E-state index in [9.17, 15) is 9.59 Å². The molecule has 1 rings (SSSR count). The van der Waals surface area contributed by atoms with E-state index in [1.165, 1.54) is 14.0 Å². The zero-order chi connectivity index (χ0) is 18.3. The molecular formula is C19H28O4. The van der Waals surface area contributed by atoms with Crippen molar-refractivity contribution < 1.29 is 19.4 Å². The molecule has 0 fully saturated rings. The monoisotopic (exact) mass is 320 g/mol. The highest BCUT2D eigenvalue weighted by atomic mass is 16.5. The molecule has 4 heteroatoms. The molecule has 0 spiro atoms. The summed E-state index contributed by atoms with van der Waals surface area (Å²) in [6.45, 7) is 7.30. The molecule has 0 atom stereocenters. The van der Waals surface area contributed by atoms with Crippen LogP contribution in [0.1, 0.15) is 38.1 Å². The van der Waals surface area contributed by atoms with Crippen molar-refractivity contribution in [3.8, 4) is 0 Å². The number of ether oxygens (including phenoxy) is 1. The van der Waals surface area contributed by atoms with Crippen molar-refractivity contribution in [3.63, 3.8) is 0 Å². The minimum absolute atomic E-state index is 0.245.